The molecule has 30 heavy (non-hydrogen) atoms. The number of nitrogens with zero attached hydrogens (tertiary/aromatic N) is 2. The number of hydrogen-bond donors (Lipinski definition) is 0. The van der Waals surface area contributed by atoms with Gasteiger partial charge in [0.15, 0.2) is 0 Å². The summed E-state index contributed by atoms with van der Waals surface area (Å²) in [5.41, 5.74) is 4.71. The lowest BCUT2D eigenvalue weighted by atomic mass is 9.55. The van der Waals surface area contributed by atoms with E-state index >= 15 is 0 Å². The van der Waals surface area contributed by atoms with E-state index in [9.17, 15) is 0 Å². The normalized spacial score (nSPS) is 34.9. The van der Waals surface area contributed by atoms with Crippen LogP contribution in [0.5, 0.6) is 5.75 Å². The average molecular weight is 411 g/mol. The van der Waals surface area contributed by atoms with Gasteiger partial charge in [-0.2, -0.15) is 0 Å². The van der Waals surface area contributed by atoms with Crippen molar-refractivity contribution in [1.82, 2.24) is 4.90 Å². The Morgan fingerprint density at radius 2 is 1.97 bits per heavy atom. The molecule has 5 rings (SSSR count). The van der Waals surface area contributed by atoms with Crippen LogP contribution in [0.4, 0.5) is 0 Å². The Labute approximate surface area is 182 Å². The Morgan fingerprint density at radius 1 is 1.10 bits per heavy atom. The van der Waals surface area contributed by atoms with Crippen LogP contribution < -0.4 is 4.74 Å². The first-order valence-corrected chi connectivity index (χ1v) is 12.3. The van der Waals surface area contributed by atoms with Crippen LogP contribution in [0.2, 0.25) is 0 Å². The van der Waals surface area contributed by atoms with E-state index in [-0.39, 0.29) is 5.41 Å². The van der Waals surface area contributed by atoms with Crippen LogP contribution in [0.3, 0.4) is 0 Å². The van der Waals surface area contributed by atoms with Gasteiger partial charge in [0.05, 0.1) is 12.8 Å². The van der Waals surface area contributed by atoms with E-state index in [1.54, 1.807) is 12.7 Å². The van der Waals surface area contributed by atoms with E-state index in [0.717, 1.165) is 43.1 Å². The van der Waals surface area contributed by atoms with Gasteiger partial charge in [-0.3, -0.25) is 4.90 Å². The first-order chi connectivity index (χ1) is 14.7. The highest BCUT2D eigenvalue weighted by Gasteiger charge is 2.53. The highest BCUT2D eigenvalue weighted by Crippen LogP contribution is 2.60. The number of rotatable bonds is 5. The molecule has 3 aliphatic carbocycles. The van der Waals surface area contributed by atoms with Crippen LogP contribution in [0.1, 0.15) is 75.3 Å². The maximum absolute atomic E-state index is 5.88. The third-order valence-electron chi connectivity index (χ3n) is 8.80. The van der Waals surface area contributed by atoms with Crippen LogP contribution in [-0.2, 0) is 11.3 Å². The Bertz CT molecular complexity index is 785. The van der Waals surface area contributed by atoms with Gasteiger partial charge in [0.1, 0.15) is 12.4 Å². The predicted molar refractivity (Wildman–Crippen MR) is 121 cm³/mol. The van der Waals surface area contributed by atoms with E-state index in [2.05, 4.69) is 30.0 Å². The molecule has 4 atom stereocenters. The number of aryl methyl sites for hydroxylation is 1. The molecule has 4 aliphatic rings. The summed E-state index contributed by atoms with van der Waals surface area (Å²) in [6.07, 6.45) is 11.5. The minimum atomic E-state index is 0.246. The minimum Gasteiger partial charge on any atom is -0.497 e. The van der Waals surface area contributed by atoms with E-state index in [1.807, 2.05) is 0 Å². The Balaban J connectivity index is 1.24. The number of likely N-dealkylation sites (tertiary alicyclic amines) is 1. The van der Waals surface area contributed by atoms with Crippen LogP contribution in [0.15, 0.2) is 23.4 Å². The lowest BCUT2D eigenvalue weighted by molar-refractivity contribution is 0.0821. The zero-order valence-corrected chi connectivity index (χ0v) is 18.9. The summed E-state index contributed by atoms with van der Waals surface area (Å²) in [5.74, 6) is 3.28. The molecule has 0 bridgehead atoms. The zero-order valence-electron chi connectivity index (χ0n) is 18.9. The monoisotopic (exact) mass is 410 g/mol. The number of methoxy groups -OCH3 is 1. The number of fused-ring (bicyclic) bond motifs is 5. The van der Waals surface area contributed by atoms with E-state index in [0.29, 0.717) is 0 Å². The van der Waals surface area contributed by atoms with Crippen molar-refractivity contribution < 1.29 is 9.57 Å². The number of hydrogen-bond acceptors (Lipinski definition) is 4. The van der Waals surface area contributed by atoms with E-state index in [4.69, 9.17) is 14.7 Å². The molecule has 4 unspecified atom stereocenters. The van der Waals surface area contributed by atoms with Crippen LogP contribution in [0, 0.1) is 17.3 Å². The summed E-state index contributed by atoms with van der Waals surface area (Å²) in [5, 5.41) is 4.74. The second-order valence-electron chi connectivity index (χ2n) is 10.2. The molecule has 3 fully saturated rings. The quantitative estimate of drug-likeness (QED) is 0.481. The molecular weight excluding hydrogens is 372 g/mol. The Morgan fingerprint density at radius 3 is 2.80 bits per heavy atom. The molecule has 164 valence electrons. The van der Waals surface area contributed by atoms with Gasteiger partial charge in [0.2, 0.25) is 0 Å². The van der Waals surface area contributed by atoms with Crippen molar-refractivity contribution in [2.75, 3.05) is 33.4 Å². The van der Waals surface area contributed by atoms with Crippen molar-refractivity contribution >= 4 is 5.71 Å². The molecule has 0 aromatic heterocycles. The smallest absolute Gasteiger partial charge is 0.129 e. The standard InChI is InChI=1S/C26H38N2O2/c1-26-13-12-22-21-9-7-20(29-2)18-19(21)6-8-23(22)24(26)10-11-25(26)27-30-17-16-28-14-4-3-5-15-28/h7,9,18,22-24H,3-6,8,10-17H2,1-2H3/b27-25+. The highest BCUT2D eigenvalue weighted by atomic mass is 16.6. The Hall–Kier alpha value is -1.55. The SMILES string of the molecule is COc1ccc2c(c1)CCC1C2CCC2(C)/C(=N/OCCN3CCCCC3)CCC12. The summed E-state index contributed by atoms with van der Waals surface area (Å²) >= 11 is 0. The van der Waals surface area contributed by atoms with Crippen LogP contribution >= 0.6 is 0 Å². The maximum Gasteiger partial charge on any atom is 0.129 e. The first-order valence-electron chi connectivity index (χ1n) is 12.3. The molecule has 1 heterocycles. The predicted octanol–water partition coefficient (Wildman–Crippen LogP) is 5.41. The van der Waals surface area contributed by atoms with Crippen molar-refractivity contribution in [2.45, 2.75) is 70.6 Å². The topological polar surface area (TPSA) is 34.1 Å². The summed E-state index contributed by atoms with van der Waals surface area (Å²) in [7, 11) is 1.77. The number of piperidine rings is 1. The first kappa shape index (κ1) is 20.4. The van der Waals surface area contributed by atoms with Crippen molar-refractivity contribution in [2.24, 2.45) is 22.4 Å². The molecule has 1 aromatic rings. The second kappa shape index (κ2) is 8.53. The third-order valence-corrected chi connectivity index (χ3v) is 8.80. The lowest BCUT2D eigenvalue weighted by Gasteiger charge is -2.49. The van der Waals surface area contributed by atoms with Gasteiger partial charge >= 0.3 is 0 Å². The van der Waals surface area contributed by atoms with E-state index in [1.165, 1.54) is 75.7 Å². The van der Waals surface area contributed by atoms with Gasteiger partial charge < -0.3 is 9.57 Å². The van der Waals surface area contributed by atoms with Crippen LogP contribution in [-0.4, -0.2) is 44.0 Å². The molecule has 1 aromatic carbocycles. The second-order valence-corrected chi connectivity index (χ2v) is 10.2. The van der Waals surface area contributed by atoms with Gasteiger partial charge in [0, 0.05) is 12.0 Å². The summed E-state index contributed by atoms with van der Waals surface area (Å²) in [4.78, 5) is 8.42. The molecule has 0 N–H and O–H groups in total. The summed E-state index contributed by atoms with van der Waals surface area (Å²) in [6, 6.07) is 6.78. The van der Waals surface area contributed by atoms with Gasteiger partial charge in [-0.25, -0.2) is 0 Å². The van der Waals surface area contributed by atoms with Crippen molar-refractivity contribution in [3.63, 3.8) is 0 Å². The molecule has 1 aliphatic heterocycles. The number of benzene rings is 1. The molecule has 1 saturated heterocycles. The average Bonchev–Trinajstić information content (AvgIpc) is 3.13. The minimum absolute atomic E-state index is 0.246. The fourth-order valence-electron chi connectivity index (χ4n) is 7.10. The van der Waals surface area contributed by atoms with Crippen molar-refractivity contribution in [1.29, 1.82) is 0 Å². The molecule has 4 heteroatoms. The molecule has 4 nitrogen and oxygen atoms in total. The molecule has 2 saturated carbocycles. The van der Waals surface area contributed by atoms with Crippen LogP contribution in [0.25, 0.3) is 0 Å². The largest absolute Gasteiger partial charge is 0.497 e. The summed E-state index contributed by atoms with van der Waals surface area (Å²) in [6.45, 7) is 6.72. The van der Waals surface area contributed by atoms with Gasteiger partial charge in [-0.1, -0.05) is 24.6 Å². The Kier molecular flexibility index (Phi) is 5.79. The molecular formula is C26H38N2O2. The zero-order chi connectivity index (χ0) is 20.6. The highest BCUT2D eigenvalue weighted by molar-refractivity contribution is 5.92. The fraction of sp³-hybridized carbons (Fsp3) is 0.731. The fourth-order valence-corrected chi connectivity index (χ4v) is 7.10. The van der Waals surface area contributed by atoms with E-state index < -0.39 is 0 Å². The summed E-state index contributed by atoms with van der Waals surface area (Å²) < 4.78 is 5.47. The van der Waals surface area contributed by atoms with Gasteiger partial charge in [-0.05, 0) is 105 Å². The van der Waals surface area contributed by atoms with Gasteiger partial charge in [0.25, 0.3) is 0 Å². The van der Waals surface area contributed by atoms with Crippen molar-refractivity contribution in [3.05, 3.63) is 29.3 Å². The molecule has 0 radical (unpaired) electrons. The molecule has 0 spiro atoms. The van der Waals surface area contributed by atoms with Crippen molar-refractivity contribution in [3.8, 4) is 5.75 Å². The molecule has 0 amide bonds. The lowest BCUT2D eigenvalue weighted by Crippen LogP contribution is -2.42. The van der Waals surface area contributed by atoms with Gasteiger partial charge in [-0.15, -0.1) is 0 Å². The maximum atomic E-state index is 5.88. The number of ether oxygens (including phenoxy) is 1. The third kappa shape index (κ3) is 3.66. The number of oxime groups is 1.